The summed E-state index contributed by atoms with van der Waals surface area (Å²) < 4.78 is 11.9. The molecule has 72 valence electrons. The Bertz CT molecular complexity index is 136. The van der Waals surface area contributed by atoms with E-state index in [0.29, 0.717) is 17.8 Å². The predicted molar refractivity (Wildman–Crippen MR) is 50.3 cm³/mol. The van der Waals surface area contributed by atoms with E-state index in [9.17, 15) is 4.39 Å². The molecular weight excluding hydrogens is 177 g/mol. The zero-order chi connectivity index (χ0) is 8.97. The summed E-state index contributed by atoms with van der Waals surface area (Å²) in [5.74, 6) is 1.17. The van der Waals surface area contributed by atoms with Gasteiger partial charge in [-0.25, -0.2) is 4.39 Å². The second-order valence-corrected chi connectivity index (χ2v) is 4.67. The number of thioether (sulfide) groups is 1. The summed E-state index contributed by atoms with van der Waals surface area (Å²) in [6.07, 6.45) is 0.299. The molecule has 0 aliphatic carbocycles. The summed E-state index contributed by atoms with van der Waals surface area (Å²) in [6.45, 7) is 1.89. The van der Waals surface area contributed by atoms with Crippen LogP contribution in [0.4, 0.5) is 4.39 Å². The van der Waals surface area contributed by atoms with Crippen LogP contribution in [0.15, 0.2) is 0 Å². The maximum absolute atomic E-state index is 11.9. The minimum atomic E-state index is -0.831. The van der Waals surface area contributed by atoms with E-state index in [0.717, 1.165) is 6.42 Å². The van der Waals surface area contributed by atoms with E-state index in [2.05, 4.69) is 12.2 Å². The van der Waals surface area contributed by atoms with Crippen molar-refractivity contribution >= 4 is 11.8 Å². The molecule has 1 rings (SSSR count). The van der Waals surface area contributed by atoms with E-state index >= 15 is 0 Å². The average molecular weight is 193 g/mol. The van der Waals surface area contributed by atoms with Crippen molar-refractivity contribution in [1.82, 2.24) is 5.32 Å². The second kappa shape index (κ2) is 5.04. The molecule has 12 heavy (non-hydrogen) atoms. The SMILES string of the molecule is CC1SCCC1NCC(O)CF. The number of aliphatic hydroxyl groups excluding tert-OH is 1. The van der Waals surface area contributed by atoms with E-state index in [1.54, 1.807) is 0 Å². The summed E-state index contributed by atoms with van der Waals surface area (Å²) in [5, 5.41) is 12.7. The molecule has 0 amide bonds. The molecular formula is C8H16FNOS. The van der Waals surface area contributed by atoms with Crippen LogP contribution in [0.2, 0.25) is 0 Å². The summed E-state index contributed by atoms with van der Waals surface area (Å²) >= 11 is 1.93. The Morgan fingerprint density at radius 1 is 1.75 bits per heavy atom. The van der Waals surface area contributed by atoms with Crippen molar-refractivity contribution < 1.29 is 9.50 Å². The first kappa shape index (κ1) is 10.3. The number of hydrogen-bond donors (Lipinski definition) is 2. The zero-order valence-corrected chi connectivity index (χ0v) is 8.11. The molecule has 0 aromatic heterocycles. The third kappa shape index (κ3) is 2.92. The second-order valence-electron chi connectivity index (χ2n) is 3.19. The van der Waals surface area contributed by atoms with Gasteiger partial charge in [0, 0.05) is 17.8 Å². The van der Waals surface area contributed by atoms with Gasteiger partial charge in [0.15, 0.2) is 0 Å². The van der Waals surface area contributed by atoms with Crippen LogP contribution in [-0.2, 0) is 0 Å². The fourth-order valence-electron chi connectivity index (χ4n) is 1.34. The van der Waals surface area contributed by atoms with Gasteiger partial charge in [0.05, 0.1) is 6.10 Å². The fourth-order valence-corrected chi connectivity index (χ4v) is 2.57. The minimum absolute atomic E-state index is 0.381. The van der Waals surface area contributed by atoms with Crippen LogP contribution < -0.4 is 5.32 Å². The Morgan fingerprint density at radius 3 is 3.00 bits per heavy atom. The van der Waals surface area contributed by atoms with Crippen molar-refractivity contribution in [3.8, 4) is 0 Å². The minimum Gasteiger partial charge on any atom is -0.389 e. The standard InChI is InChI=1S/C8H16FNOS/c1-6-8(2-3-12-6)10-5-7(11)4-9/h6-8,10-11H,2-5H2,1H3. The molecule has 0 bridgehead atoms. The van der Waals surface area contributed by atoms with Gasteiger partial charge in [-0.3, -0.25) is 0 Å². The number of rotatable bonds is 4. The van der Waals surface area contributed by atoms with Crippen molar-refractivity contribution in [3.63, 3.8) is 0 Å². The molecule has 0 aromatic rings. The zero-order valence-electron chi connectivity index (χ0n) is 7.29. The van der Waals surface area contributed by atoms with Crippen molar-refractivity contribution in [1.29, 1.82) is 0 Å². The Morgan fingerprint density at radius 2 is 2.50 bits per heavy atom. The molecule has 4 heteroatoms. The van der Waals surface area contributed by atoms with Crippen molar-refractivity contribution in [3.05, 3.63) is 0 Å². The Labute approximate surface area is 76.9 Å². The first-order valence-electron chi connectivity index (χ1n) is 4.33. The summed E-state index contributed by atoms with van der Waals surface area (Å²) in [6, 6.07) is 0.455. The average Bonchev–Trinajstić information content (AvgIpc) is 2.47. The highest BCUT2D eigenvalue weighted by Crippen LogP contribution is 2.25. The van der Waals surface area contributed by atoms with Crippen LogP contribution in [0, 0.1) is 0 Å². The van der Waals surface area contributed by atoms with Gasteiger partial charge in [-0.15, -0.1) is 0 Å². The summed E-state index contributed by atoms with van der Waals surface area (Å²) in [7, 11) is 0. The monoisotopic (exact) mass is 193 g/mol. The quantitative estimate of drug-likeness (QED) is 0.692. The van der Waals surface area contributed by atoms with Gasteiger partial charge in [0.1, 0.15) is 6.67 Å². The topological polar surface area (TPSA) is 32.3 Å². The highest BCUT2D eigenvalue weighted by Gasteiger charge is 2.23. The smallest absolute Gasteiger partial charge is 0.117 e. The number of alkyl halides is 1. The lowest BCUT2D eigenvalue weighted by Gasteiger charge is -2.17. The van der Waals surface area contributed by atoms with Crippen LogP contribution in [-0.4, -0.2) is 41.5 Å². The maximum Gasteiger partial charge on any atom is 0.117 e. The molecule has 1 saturated heterocycles. The van der Waals surface area contributed by atoms with E-state index in [4.69, 9.17) is 5.11 Å². The number of hydrogen-bond acceptors (Lipinski definition) is 3. The van der Waals surface area contributed by atoms with Gasteiger partial charge in [-0.05, 0) is 12.2 Å². The van der Waals surface area contributed by atoms with Gasteiger partial charge >= 0.3 is 0 Å². The van der Waals surface area contributed by atoms with Crippen molar-refractivity contribution in [2.24, 2.45) is 0 Å². The van der Waals surface area contributed by atoms with Crippen LogP contribution in [0.3, 0.4) is 0 Å². The molecule has 3 unspecified atom stereocenters. The number of aliphatic hydroxyl groups is 1. The molecule has 1 heterocycles. The Balaban J connectivity index is 2.13. The number of halogens is 1. The normalized spacial score (nSPS) is 32.2. The lowest BCUT2D eigenvalue weighted by Crippen LogP contribution is -2.39. The van der Waals surface area contributed by atoms with Gasteiger partial charge < -0.3 is 10.4 Å². The Hall–Kier alpha value is 0.200. The molecule has 3 atom stereocenters. The van der Waals surface area contributed by atoms with Gasteiger partial charge in [0.25, 0.3) is 0 Å². The largest absolute Gasteiger partial charge is 0.389 e. The van der Waals surface area contributed by atoms with Crippen LogP contribution >= 0.6 is 11.8 Å². The lowest BCUT2D eigenvalue weighted by atomic mass is 10.1. The first-order valence-corrected chi connectivity index (χ1v) is 5.38. The lowest BCUT2D eigenvalue weighted by molar-refractivity contribution is 0.134. The molecule has 0 spiro atoms. The Kier molecular flexibility index (Phi) is 4.32. The van der Waals surface area contributed by atoms with Gasteiger partial charge in [-0.1, -0.05) is 6.92 Å². The third-order valence-corrected chi connectivity index (χ3v) is 3.50. The molecule has 0 aromatic carbocycles. The van der Waals surface area contributed by atoms with Crippen molar-refractivity contribution in [2.75, 3.05) is 19.0 Å². The van der Waals surface area contributed by atoms with Crippen molar-refractivity contribution in [2.45, 2.75) is 30.7 Å². The van der Waals surface area contributed by atoms with Crippen LogP contribution in [0.25, 0.3) is 0 Å². The van der Waals surface area contributed by atoms with E-state index in [-0.39, 0.29) is 0 Å². The van der Waals surface area contributed by atoms with Crippen LogP contribution in [0.5, 0.6) is 0 Å². The third-order valence-electron chi connectivity index (χ3n) is 2.17. The van der Waals surface area contributed by atoms with E-state index in [1.165, 1.54) is 5.75 Å². The summed E-state index contributed by atoms with van der Waals surface area (Å²) in [4.78, 5) is 0. The maximum atomic E-state index is 11.9. The predicted octanol–water partition coefficient (Wildman–Crippen LogP) is 0.800. The van der Waals surface area contributed by atoms with E-state index < -0.39 is 12.8 Å². The molecule has 1 aliphatic heterocycles. The molecule has 1 aliphatic rings. The first-order chi connectivity index (χ1) is 5.74. The molecule has 1 fully saturated rings. The van der Waals surface area contributed by atoms with Crippen LogP contribution in [0.1, 0.15) is 13.3 Å². The summed E-state index contributed by atoms with van der Waals surface area (Å²) in [5.41, 5.74) is 0. The number of nitrogens with one attached hydrogen (secondary N) is 1. The highest BCUT2D eigenvalue weighted by molar-refractivity contribution is 8.00. The molecule has 2 N–H and O–H groups in total. The molecule has 0 radical (unpaired) electrons. The van der Waals surface area contributed by atoms with Gasteiger partial charge in [-0.2, -0.15) is 11.8 Å². The highest BCUT2D eigenvalue weighted by atomic mass is 32.2. The fraction of sp³-hybridized carbons (Fsp3) is 1.00. The van der Waals surface area contributed by atoms with E-state index in [1.807, 2.05) is 11.8 Å². The van der Waals surface area contributed by atoms with Gasteiger partial charge in [0.2, 0.25) is 0 Å². The molecule has 2 nitrogen and oxygen atoms in total. The molecule has 0 saturated carbocycles.